The normalized spacial score (nSPS) is 13.1. The number of hydrogen-bond acceptors (Lipinski definition) is 4. The number of rotatable bonds is 4. The van der Waals surface area contributed by atoms with E-state index in [1.165, 1.54) is 54.3 Å². The second kappa shape index (κ2) is 13.2. The maximum absolute atomic E-state index is 5.32. The maximum Gasteiger partial charge on any atom is 0.160 e. The van der Waals surface area contributed by atoms with E-state index in [0.29, 0.717) is 5.82 Å². The number of nitrogens with zero attached hydrogens (tertiary/aromatic N) is 3. The number of pyridine rings is 1. The monoisotopic (exact) mass is 731 g/mol. The van der Waals surface area contributed by atoms with E-state index in [0.717, 1.165) is 39.2 Å². The van der Waals surface area contributed by atoms with Gasteiger partial charge in [-0.1, -0.05) is 169 Å². The van der Waals surface area contributed by atoms with Crippen molar-refractivity contribution in [1.82, 2.24) is 15.0 Å². The molecule has 9 aromatic rings. The van der Waals surface area contributed by atoms with Gasteiger partial charge in [0.1, 0.15) is 0 Å². The van der Waals surface area contributed by atoms with Crippen LogP contribution in [-0.4, -0.2) is 15.0 Å². The summed E-state index contributed by atoms with van der Waals surface area (Å²) in [7, 11) is 0. The molecule has 1 aliphatic carbocycles. The number of aromatic nitrogens is 3. The van der Waals surface area contributed by atoms with Crippen LogP contribution in [0.1, 0.15) is 22.3 Å². The van der Waals surface area contributed by atoms with E-state index in [2.05, 4.69) is 169 Å². The second-order valence-electron chi connectivity index (χ2n) is 14.3. The first kappa shape index (κ1) is 32.5. The first-order valence-corrected chi connectivity index (χ1v) is 19.7. The maximum atomic E-state index is 5.32. The third-order valence-electron chi connectivity index (χ3n) is 11.3. The standard InChI is InChI=1S/C52H33N3S/c1-2-13-36(14-3-1)51-54-47(35-26-24-34(25-27-35)38-15-12-30-53-33-38)32-48(55-51)37-28-29-42-40-17-5-4-16-39(40)41-18-6-7-19-43(41)52(46(42)31-37)44-20-8-10-22-49(44)56-50-23-11-9-21-45(50)52/h1-33H. The van der Waals surface area contributed by atoms with E-state index in [1.807, 2.05) is 42.2 Å². The molecule has 0 saturated heterocycles. The van der Waals surface area contributed by atoms with E-state index in [-0.39, 0.29) is 0 Å². The second-order valence-corrected chi connectivity index (χ2v) is 15.4. The predicted octanol–water partition coefficient (Wildman–Crippen LogP) is 13.0. The lowest BCUT2D eigenvalue weighted by molar-refractivity contribution is 0.708. The average molecular weight is 732 g/mol. The van der Waals surface area contributed by atoms with E-state index in [1.54, 1.807) is 6.20 Å². The fraction of sp³-hybridized carbons (Fsp3) is 0.0192. The van der Waals surface area contributed by atoms with Crippen LogP contribution in [0.3, 0.4) is 0 Å². The van der Waals surface area contributed by atoms with Crippen LogP contribution in [0, 0.1) is 0 Å². The molecule has 0 saturated carbocycles. The van der Waals surface area contributed by atoms with Crippen LogP contribution in [0.2, 0.25) is 0 Å². The minimum Gasteiger partial charge on any atom is -0.264 e. The van der Waals surface area contributed by atoms with Gasteiger partial charge in [0, 0.05) is 38.9 Å². The molecule has 0 atom stereocenters. The van der Waals surface area contributed by atoms with Gasteiger partial charge in [-0.15, -0.1) is 0 Å². The summed E-state index contributed by atoms with van der Waals surface area (Å²) in [6.07, 6.45) is 3.70. The Balaban J connectivity index is 1.19. The van der Waals surface area contributed by atoms with Crippen LogP contribution in [0.5, 0.6) is 0 Å². The summed E-state index contributed by atoms with van der Waals surface area (Å²) in [6.45, 7) is 0. The molecule has 0 unspecified atom stereocenters. The zero-order chi connectivity index (χ0) is 37.1. The molecule has 0 amide bonds. The topological polar surface area (TPSA) is 38.7 Å². The van der Waals surface area contributed by atoms with Gasteiger partial charge in [0.2, 0.25) is 0 Å². The van der Waals surface area contributed by atoms with Crippen LogP contribution in [0.4, 0.5) is 0 Å². The van der Waals surface area contributed by atoms with Crippen molar-refractivity contribution in [2.45, 2.75) is 15.2 Å². The highest BCUT2D eigenvalue weighted by atomic mass is 32.2. The highest BCUT2D eigenvalue weighted by Gasteiger charge is 2.48. The van der Waals surface area contributed by atoms with E-state index in [4.69, 9.17) is 9.97 Å². The molecule has 11 rings (SSSR count). The quantitative estimate of drug-likeness (QED) is 0.181. The third kappa shape index (κ3) is 5.10. The Hall–Kier alpha value is -6.88. The van der Waals surface area contributed by atoms with Gasteiger partial charge in [0.25, 0.3) is 0 Å². The molecule has 4 heteroatoms. The summed E-state index contributed by atoms with van der Waals surface area (Å²) in [5, 5.41) is 0. The molecule has 2 aliphatic rings. The zero-order valence-electron chi connectivity index (χ0n) is 30.3. The van der Waals surface area contributed by atoms with Crippen molar-refractivity contribution < 1.29 is 0 Å². The molecule has 1 spiro atoms. The number of fused-ring (bicyclic) bond motifs is 11. The molecular formula is C52H33N3S. The minimum absolute atomic E-state index is 0.598. The van der Waals surface area contributed by atoms with Crippen LogP contribution in [-0.2, 0) is 5.41 Å². The van der Waals surface area contributed by atoms with Crippen LogP contribution in [0.25, 0.3) is 67.3 Å². The highest BCUT2D eigenvalue weighted by molar-refractivity contribution is 7.99. The molecule has 3 heterocycles. The molecule has 2 aromatic heterocycles. The Kier molecular flexibility index (Phi) is 7.64. The zero-order valence-corrected chi connectivity index (χ0v) is 31.1. The van der Waals surface area contributed by atoms with Gasteiger partial charge < -0.3 is 0 Å². The van der Waals surface area contributed by atoms with Gasteiger partial charge in [0.15, 0.2) is 5.82 Å². The van der Waals surface area contributed by atoms with Crippen molar-refractivity contribution in [3.63, 3.8) is 0 Å². The molecule has 0 fully saturated rings. The largest absolute Gasteiger partial charge is 0.264 e. The first-order valence-electron chi connectivity index (χ1n) is 18.9. The third-order valence-corrected chi connectivity index (χ3v) is 12.4. The SMILES string of the molecule is c1ccc(-c2nc(-c3ccc(-c4cccnc4)cc3)cc(-c3ccc4c(c3)C3(c5ccccc5Sc5ccccc53)c3ccccc3-c3ccccc3-4)n2)cc1. The van der Waals surface area contributed by atoms with Gasteiger partial charge in [-0.2, -0.15) is 0 Å². The van der Waals surface area contributed by atoms with E-state index in [9.17, 15) is 0 Å². The van der Waals surface area contributed by atoms with E-state index >= 15 is 0 Å². The summed E-state index contributed by atoms with van der Waals surface area (Å²) < 4.78 is 0. The lowest BCUT2D eigenvalue weighted by Gasteiger charge is -2.42. The number of hydrogen-bond donors (Lipinski definition) is 0. The molecule has 0 N–H and O–H groups in total. The fourth-order valence-corrected chi connectivity index (χ4v) is 9.99. The van der Waals surface area contributed by atoms with Gasteiger partial charge in [-0.05, 0) is 86.0 Å². The van der Waals surface area contributed by atoms with Crippen LogP contribution < -0.4 is 0 Å². The van der Waals surface area contributed by atoms with Crippen LogP contribution >= 0.6 is 11.8 Å². The predicted molar refractivity (Wildman–Crippen MR) is 228 cm³/mol. The Labute approximate surface area is 330 Å². The van der Waals surface area contributed by atoms with Crippen molar-refractivity contribution in [3.8, 4) is 67.3 Å². The van der Waals surface area contributed by atoms with Gasteiger partial charge in [0.05, 0.1) is 16.8 Å². The molecule has 56 heavy (non-hydrogen) atoms. The summed E-state index contributed by atoms with van der Waals surface area (Å²) >= 11 is 1.87. The summed E-state index contributed by atoms with van der Waals surface area (Å²) in [5.41, 5.74) is 16.5. The van der Waals surface area contributed by atoms with Crippen molar-refractivity contribution >= 4 is 11.8 Å². The van der Waals surface area contributed by atoms with Gasteiger partial charge in [-0.3, -0.25) is 4.98 Å². The Bertz CT molecular complexity index is 2890. The Morgan fingerprint density at radius 2 is 0.893 bits per heavy atom. The molecule has 262 valence electrons. The average Bonchev–Trinajstić information content (AvgIpc) is 3.38. The fourth-order valence-electron chi connectivity index (χ4n) is 8.79. The van der Waals surface area contributed by atoms with Crippen LogP contribution in [0.15, 0.2) is 210 Å². The molecule has 0 bridgehead atoms. The van der Waals surface area contributed by atoms with Crippen molar-refractivity contribution in [1.29, 1.82) is 0 Å². The minimum atomic E-state index is -0.598. The smallest absolute Gasteiger partial charge is 0.160 e. The van der Waals surface area contributed by atoms with Crippen molar-refractivity contribution in [3.05, 3.63) is 223 Å². The van der Waals surface area contributed by atoms with Gasteiger partial charge >= 0.3 is 0 Å². The molecule has 7 aromatic carbocycles. The summed E-state index contributed by atoms with van der Waals surface area (Å²) in [5.74, 6) is 0.694. The molecule has 0 radical (unpaired) electrons. The number of benzene rings is 7. The Morgan fingerprint density at radius 3 is 1.57 bits per heavy atom. The summed E-state index contributed by atoms with van der Waals surface area (Å²) in [6, 6.07) is 68.0. The lowest BCUT2D eigenvalue weighted by Crippen LogP contribution is -2.34. The van der Waals surface area contributed by atoms with Crippen molar-refractivity contribution in [2.75, 3.05) is 0 Å². The molecule has 3 nitrogen and oxygen atoms in total. The first-order chi connectivity index (χ1) is 27.8. The molecule has 1 aliphatic heterocycles. The highest BCUT2D eigenvalue weighted by Crippen LogP contribution is 2.61. The Morgan fingerprint density at radius 1 is 0.357 bits per heavy atom. The van der Waals surface area contributed by atoms with Crippen molar-refractivity contribution in [2.24, 2.45) is 0 Å². The summed E-state index contributed by atoms with van der Waals surface area (Å²) in [4.78, 5) is 17.4. The van der Waals surface area contributed by atoms with Gasteiger partial charge in [-0.25, -0.2) is 9.97 Å². The molecular weight excluding hydrogens is 699 g/mol. The van der Waals surface area contributed by atoms with E-state index < -0.39 is 5.41 Å². The lowest BCUT2D eigenvalue weighted by atomic mass is 9.63.